The van der Waals surface area contributed by atoms with Crippen molar-refractivity contribution >= 4 is 16.8 Å². The predicted molar refractivity (Wildman–Crippen MR) is 118 cm³/mol. The largest absolute Gasteiger partial charge is 0.336 e. The SMILES string of the molecule is CN1CCN(C(=O)c2cccc(-n3cc(-c4cc5ccccc5[nH]c4=O)nn3)c2)CC1. The highest BCUT2D eigenvalue weighted by atomic mass is 16.2. The van der Waals surface area contributed by atoms with Crippen LogP contribution in [0.4, 0.5) is 0 Å². The summed E-state index contributed by atoms with van der Waals surface area (Å²) in [5, 5.41) is 9.31. The summed E-state index contributed by atoms with van der Waals surface area (Å²) in [6.07, 6.45) is 1.71. The Kier molecular flexibility index (Phi) is 4.83. The van der Waals surface area contributed by atoms with Gasteiger partial charge in [-0.25, -0.2) is 4.68 Å². The van der Waals surface area contributed by atoms with Crippen LogP contribution in [0, 0.1) is 0 Å². The zero-order valence-corrected chi connectivity index (χ0v) is 17.2. The number of hydrogen-bond donors (Lipinski definition) is 1. The van der Waals surface area contributed by atoms with Crippen molar-refractivity contribution in [3.8, 4) is 16.9 Å². The van der Waals surface area contributed by atoms with E-state index in [1.165, 1.54) is 0 Å². The van der Waals surface area contributed by atoms with Gasteiger partial charge >= 0.3 is 0 Å². The van der Waals surface area contributed by atoms with Gasteiger partial charge in [-0.1, -0.05) is 29.5 Å². The molecular weight excluding hydrogens is 392 g/mol. The molecule has 0 bridgehead atoms. The van der Waals surface area contributed by atoms with E-state index >= 15 is 0 Å². The first-order valence-electron chi connectivity index (χ1n) is 10.2. The number of piperazine rings is 1. The number of fused-ring (bicyclic) bond motifs is 1. The second-order valence-corrected chi connectivity index (χ2v) is 7.79. The van der Waals surface area contributed by atoms with E-state index in [4.69, 9.17) is 0 Å². The van der Waals surface area contributed by atoms with Crippen molar-refractivity contribution in [2.24, 2.45) is 0 Å². The Labute approximate surface area is 178 Å². The van der Waals surface area contributed by atoms with Gasteiger partial charge in [-0.15, -0.1) is 5.10 Å². The summed E-state index contributed by atoms with van der Waals surface area (Å²) in [5.41, 5.74) is 2.82. The molecule has 5 rings (SSSR count). The molecule has 31 heavy (non-hydrogen) atoms. The molecule has 8 heteroatoms. The molecule has 0 saturated carbocycles. The van der Waals surface area contributed by atoms with Gasteiger partial charge in [-0.05, 0) is 42.8 Å². The summed E-state index contributed by atoms with van der Waals surface area (Å²) >= 11 is 0. The number of carbonyl (C=O) groups is 1. The van der Waals surface area contributed by atoms with Gasteiger partial charge in [-0.2, -0.15) is 0 Å². The molecule has 0 unspecified atom stereocenters. The summed E-state index contributed by atoms with van der Waals surface area (Å²) in [4.78, 5) is 32.4. The van der Waals surface area contributed by atoms with Crippen LogP contribution in [0.5, 0.6) is 0 Å². The van der Waals surface area contributed by atoms with Crippen molar-refractivity contribution in [1.82, 2.24) is 29.8 Å². The first-order valence-corrected chi connectivity index (χ1v) is 10.2. The summed E-state index contributed by atoms with van der Waals surface area (Å²) in [6, 6.07) is 16.7. The molecule has 8 nitrogen and oxygen atoms in total. The second-order valence-electron chi connectivity index (χ2n) is 7.79. The van der Waals surface area contributed by atoms with Crippen molar-refractivity contribution in [2.45, 2.75) is 0 Å². The Morgan fingerprint density at radius 3 is 2.65 bits per heavy atom. The van der Waals surface area contributed by atoms with E-state index in [1.54, 1.807) is 10.9 Å². The first-order chi connectivity index (χ1) is 15.1. The average Bonchev–Trinajstić information content (AvgIpc) is 3.29. The maximum atomic E-state index is 12.9. The third-order valence-electron chi connectivity index (χ3n) is 5.67. The number of aromatic nitrogens is 4. The lowest BCUT2D eigenvalue weighted by Crippen LogP contribution is -2.47. The number of carbonyl (C=O) groups excluding carboxylic acids is 1. The van der Waals surface area contributed by atoms with E-state index in [0.717, 1.165) is 42.8 Å². The summed E-state index contributed by atoms with van der Waals surface area (Å²) < 4.78 is 1.59. The van der Waals surface area contributed by atoms with E-state index in [2.05, 4.69) is 27.2 Å². The lowest BCUT2D eigenvalue weighted by molar-refractivity contribution is 0.0664. The highest BCUT2D eigenvalue weighted by molar-refractivity contribution is 5.94. The molecule has 0 radical (unpaired) electrons. The topological polar surface area (TPSA) is 87.1 Å². The molecule has 1 amide bonds. The summed E-state index contributed by atoms with van der Waals surface area (Å²) in [7, 11) is 2.06. The maximum Gasteiger partial charge on any atom is 0.258 e. The number of likely N-dealkylation sites (N-methyl/N-ethyl adjacent to an activating group) is 1. The average molecular weight is 414 g/mol. The van der Waals surface area contributed by atoms with Crippen molar-refractivity contribution in [3.05, 3.63) is 76.7 Å². The number of nitrogens with zero attached hydrogens (tertiary/aromatic N) is 5. The smallest absolute Gasteiger partial charge is 0.258 e. The van der Waals surface area contributed by atoms with Crippen LogP contribution in [0.15, 0.2) is 65.6 Å². The van der Waals surface area contributed by atoms with E-state index < -0.39 is 0 Å². The molecular formula is C23H22N6O2. The van der Waals surface area contributed by atoms with Crippen molar-refractivity contribution in [2.75, 3.05) is 33.2 Å². The molecule has 0 aliphatic carbocycles. The predicted octanol–water partition coefficient (Wildman–Crippen LogP) is 2.16. The van der Waals surface area contributed by atoms with Gasteiger partial charge in [-0.3, -0.25) is 9.59 Å². The third kappa shape index (κ3) is 3.73. The number of rotatable bonds is 3. The molecule has 4 aromatic rings. The zero-order valence-electron chi connectivity index (χ0n) is 17.2. The lowest BCUT2D eigenvalue weighted by Gasteiger charge is -2.32. The third-order valence-corrected chi connectivity index (χ3v) is 5.67. The minimum Gasteiger partial charge on any atom is -0.336 e. The fourth-order valence-electron chi connectivity index (χ4n) is 3.82. The molecule has 3 heterocycles. The number of amides is 1. The molecule has 2 aromatic carbocycles. The summed E-state index contributed by atoms with van der Waals surface area (Å²) in [5.74, 6) is 0.0151. The number of nitrogens with one attached hydrogen (secondary N) is 1. The molecule has 0 atom stereocenters. The standard InChI is InChI=1S/C23H22N6O2/c1-27-9-11-28(12-10-27)23(31)17-6-4-7-18(13-17)29-15-21(25-26-29)19-14-16-5-2-3-8-20(16)24-22(19)30/h2-8,13-15H,9-12H2,1H3,(H,24,30). The lowest BCUT2D eigenvalue weighted by atomic mass is 10.1. The van der Waals surface area contributed by atoms with E-state index in [0.29, 0.717) is 16.8 Å². The van der Waals surface area contributed by atoms with Crippen LogP contribution in [-0.4, -0.2) is 68.9 Å². The minimum absolute atomic E-state index is 0.0151. The molecule has 156 valence electrons. The van der Waals surface area contributed by atoms with Gasteiger partial charge in [0.05, 0.1) is 17.4 Å². The number of H-pyrrole nitrogens is 1. The Hall–Kier alpha value is -3.78. The number of pyridine rings is 1. The Morgan fingerprint density at radius 2 is 1.81 bits per heavy atom. The number of aromatic amines is 1. The molecule has 1 aliphatic rings. The number of para-hydroxylation sites is 1. The van der Waals surface area contributed by atoms with Crippen LogP contribution in [0.25, 0.3) is 27.8 Å². The zero-order chi connectivity index (χ0) is 21.4. The second kappa shape index (κ2) is 7.81. The molecule has 0 spiro atoms. The number of hydrogen-bond acceptors (Lipinski definition) is 5. The van der Waals surface area contributed by atoms with Crippen molar-refractivity contribution in [3.63, 3.8) is 0 Å². The van der Waals surface area contributed by atoms with E-state index in [1.807, 2.05) is 59.5 Å². The van der Waals surface area contributed by atoms with Gasteiger partial charge in [0.2, 0.25) is 0 Å². The maximum absolute atomic E-state index is 12.9. The van der Waals surface area contributed by atoms with Gasteiger partial charge in [0.1, 0.15) is 5.69 Å². The Bertz CT molecular complexity index is 1320. The van der Waals surface area contributed by atoms with Gasteiger partial charge < -0.3 is 14.8 Å². The Morgan fingerprint density at radius 1 is 1.00 bits per heavy atom. The monoisotopic (exact) mass is 414 g/mol. The van der Waals surface area contributed by atoms with E-state index in [9.17, 15) is 9.59 Å². The highest BCUT2D eigenvalue weighted by Crippen LogP contribution is 2.19. The molecule has 1 N–H and O–H groups in total. The van der Waals surface area contributed by atoms with Crippen LogP contribution < -0.4 is 5.56 Å². The van der Waals surface area contributed by atoms with Gasteiger partial charge in [0, 0.05) is 37.3 Å². The summed E-state index contributed by atoms with van der Waals surface area (Å²) in [6.45, 7) is 3.19. The first kappa shape index (κ1) is 19.2. The Balaban J connectivity index is 1.44. The molecule has 1 saturated heterocycles. The van der Waals surface area contributed by atoms with Crippen molar-refractivity contribution < 1.29 is 4.79 Å². The molecule has 1 fully saturated rings. The van der Waals surface area contributed by atoms with Gasteiger partial charge in [0.25, 0.3) is 11.5 Å². The van der Waals surface area contributed by atoms with Crippen molar-refractivity contribution in [1.29, 1.82) is 0 Å². The minimum atomic E-state index is -0.218. The molecule has 2 aromatic heterocycles. The quantitative estimate of drug-likeness (QED) is 0.555. The number of benzene rings is 2. The highest BCUT2D eigenvalue weighted by Gasteiger charge is 2.21. The molecule has 1 aliphatic heterocycles. The fourth-order valence-corrected chi connectivity index (χ4v) is 3.82. The van der Waals surface area contributed by atoms with Crippen LogP contribution >= 0.6 is 0 Å². The van der Waals surface area contributed by atoms with Crippen LogP contribution in [0.1, 0.15) is 10.4 Å². The van der Waals surface area contributed by atoms with Crippen LogP contribution in [-0.2, 0) is 0 Å². The fraction of sp³-hybridized carbons (Fsp3) is 0.217. The van der Waals surface area contributed by atoms with Gasteiger partial charge in [0.15, 0.2) is 0 Å². The normalized spacial score (nSPS) is 14.8. The van der Waals surface area contributed by atoms with Crippen LogP contribution in [0.2, 0.25) is 0 Å². The van der Waals surface area contributed by atoms with Crippen LogP contribution in [0.3, 0.4) is 0 Å². The van der Waals surface area contributed by atoms with E-state index in [-0.39, 0.29) is 11.5 Å².